The van der Waals surface area contributed by atoms with Crippen LogP contribution >= 0.6 is 0 Å². The van der Waals surface area contributed by atoms with E-state index in [1.54, 1.807) is 6.08 Å². The van der Waals surface area contributed by atoms with Crippen LogP contribution < -0.4 is 0 Å². The van der Waals surface area contributed by atoms with E-state index in [9.17, 15) is 14.4 Å². The molecule has 104 valence electrons. The molecule has 0 spiro atoms. The van der Waals surface area contributed by atoms with E-state index in [1.807, 2.05) is 0 Å². The number of rotatable bonds is 4. The molecule has 1 atom stereocenters. The SMILES string of the molecule is C=C(C)C(=O)O.C=CC1CCN(C=CC(=O)O)C1=O. The highest BCUT2D eigenvalue weighted by Crippen LogP contribution is 2.18. The Bertz CT molecular complexity index is 413. The minimum Gasteiger partial charge on any atom is -0.478 e. The van der Waals surface area contributed by atoms with Crippen molar-refractivity contribution in [2.45, 2.75) is 13.3 Å². The lowest BCUT2D eigenvalue weighted by atomic mass is 10.1. The zero-order chi connectivity index (χ0) is 15.0. The number of carboxylic acids is 2. The van der Waals surface area contributed by atoms with Gasteiger partial charge in [-0.1, -0.05) is 12.7 Å². The van der Waals surface area contributed by atoms with Crippen LogP contribution in [-0.4, -0.2) is 39.5 Å². The first-order valence-corrected chi connectivity index (χ1v) is 5.52. The lowest BCUT2D eigenvalue weighted by Crippen LogP contribution is -2.21. The second kappa shape index (κ2) is 7.86. The topological polar surface area (TPSA) is 94.9 Å². The molecule has 0 saturated carbocycles. The summed E-state index contributed by atoms with van der Waals surface area (Å²) in [6.07, 6.45) is 4.57. The van der Waals surface area contributed by atoms with Crippen LogP contribution in [0.3, 0.4) is 0 Å². The van der Waals surface area contributed by atoms with Crippen molar-refractivity contribution in [3.8, 4) is 0 Å². The molecule has 1 rings (SSSR count). The third-order valence-electron chi connectivity index (χ3n) is 2.33. The van der Waals surface area contributed by atoms with Crippen LogP contribution in [0.2, 0.25) is 0 Å². The zero-order valence-electron chi connectivity index (χ0n) is 10.7. The molecular formula is C13H17NO5. The van der Waals surface area contributed by atoms with Gasteiger partial charge in [-0.3, -0.25) is 4.79 Å². The van der Waals surface area contributed by atoms with Gasteiger partial charge in [0.1, 0.15) is 0 Å². The van der Waals surface area contributed by atoms with Crippen molar-refractivity contribution in [1.29, 1.82) is 0 Å². The fourth-order valence-corrected chi connectivity index (χ4v) is 1.25. The van der Waals surface area contributed by atoms with Crippen molar-refractivity contribution in [3.05, 3.63) is 37.1 Å². The van der Waals surface area contributed by atoms with Gasteiger partial charge in [0.25, 0.3) is 0 Å². The van der Waals surface area contributed by atoms with E-state index in [0.717, 1.165) is 6.08 Å². The summed E-state index contributed by atoms with van der Waals surface area (Å²) in [5.74, 6) is -2.21. The summed E-state index contributed by atoms with van der Waals surface area (Å²) in [5, 5.41) is 16.2. The third-order valence-corrected chi connectivity index (χ3v) is 2.33. The molecule has 0 bridgehead atoms. The van der Waals surface area contributed by atoms with Gasteiger partial charge in [-0.25, -0.2) is 9.59 Å². The van der Waals surface area contributed by atoms with E-state index in [4.69, 9.17) is 10.2 Å². The molecule has 1 fully saturated rings. The lowest BCUT2D eigenvalue weighted by molar-refractivity contribution is -0.133. The molecule has 6 nitrogen and oxygen atoms in total. The van der Waals surface area contributed by atoms with E-state index in [0.29, 0.717) is 13.0 Å². The smallest absolute Gasteiger partial charge is 0.330 e. The molecule has 1 amide bonds. The van der Waals surface area contributed by atoms with Crippen molar-refractivity contribution in [3.63, 3.8) is 0 Å². The number of likely N-dealkylation sites (tertiary alicyclic amines) is 1. The number of amides is 1. The van der Waals surface area contributed by atoms with Crippen LogP contribution in [0.1, 0.15) is 13.3 Å². The Morgan fingerprint density at radius 2 is 1.95 bits per heavy atom. The van der Waals surface area contributed by atoms with Crippen LogP contribution in [0.25, 0.3) is 0 Å². The molecule has 1 saturated heterocycles. The first kappa shape index (κ1) is 16.6. The van der Waals surface area contributed by atoms with Gasteiger partial charge in [0.05, 0.1) is 5.92 Å². The van der Waals surface area contributed by atoms with Crippen LogP contribution in [-0.2, 0) is 14.4 Å². The summed E-state index contributed by atoms with van der Waals surface area (Å²) in [6.45, 7) is 8.71. The maximum Gasteiger partial charge on any atom is 0.330 e. The average Bonchev–Trinajstić information content (AvgIpc) is 2.68. The monoisotopic (exact) mass is 267 g/mol. The van der Waals surface area contributed by atoms with Gasteiger partial charge in [-0.2, -0.15) is 0 Å². The Balaban J connectivity index is 0.000000459. The highest BCUT2D eigenvalue weighted by Gasteiger charge is 2.27. The molecule has 1 aliphatic rings. The van der Waals surface area contributed by atoms with Crippen molar-refractivity contribution < 1.29 is 24.6 Å². The fraction of sp³-hybridized carbons (Fsp3) is 0.308. The number of carbonyl (C=O) groups excluding carboxylic acids is 1. The molecule has 0 aromatic carbocycles. The quantitative estimate of drug-likeness (QED) is 0.590. The Labute approximate surface area is 111 Å². The molecule has 1 unspecified atom stereocenters. The minimum atomic E-state index is -1.05. The first-order chi connectivity index (χ1) is 8.79. The van der Waals surface area contributed by atoms with E-state index < -0.39 is 11.9 Å². The maximum absolute atomic E-state index is 11.4. The Morgan fingerprint density at radius 1 is 1.42 bits per heavy atom. The van der Waals surface area contributed by atoms with E-state index >= 15 is 0 Å². The van der Waals surface area contributed by atoms with E-state index in [2.05, 4.69) is 13.2 Å². The van der Waals surface area contributed by atoms with Gasteiger partial charge in [0.15, 0.2) is 0 Å². The number of carboxylic acid groups (broad SMARTS) is 2. The van der Waals surface area contributed by atoms with Crippen molar-refractivity contribution >= 4 is 17.8 Å². The molecule has 0 aromatic rings. The summed E-state index contributed by atoms with van der Waals surface area (Å²) in [4.78, 5) is 32.5. The second-order valence-corrected chi connectivity index (χ2v) is 3.90. The van der Waals surface area contributed by atoms with Crippen LogP contribution in [0.15, 0.2) is 37.1 Å². The fourth-order valence-electron chi connectivity index (χ4n) is 1.25. The molecule has 0 aliphatic carbocycles. The van der Waals surface area contributed by atoms with Crippen LogP contribution in [0.4, 0.5) is 0 Å². The van der Waals surface area contributed by atoms with Crippen molar-refractivity contribution in [1.82, 2.24) is 4.90 Å². The van der Waals surface area contributed by atoms with Gasteiger partial charge in [-0.15, -0.1) is 6.58 Å². The van der Waals surface area contributed by atoms with Crippen LogP contribution in [0.5, 0.6) is 0 Å². The molecular weight excluding hydrogens is 250 g/mol. The number of carbonyl (C=O) groups is 3. The Morgan fingerprint density at radius 3 is 2.26 bits per heavy atom. The average molecular weight is 267 g/mol. The normalized spacial score (nSPS) is 17.8. The van der Waals surface area contributed by atoms with Crippen molar-refractivity contribution in [2.75, 3.05) is 6.54 Å². The minimum absolute atomic E-state index is 0.0764. The Hall–Kier alpha value is -2.37. The van der Waals surface area contributed by atoms with Gasteiger partial charge in [0.2, 0.25) is 5.91 Å². The molecule has 1 aliphatic heterocycles. The summed E-state index contributed by atoms with van der Waals surface area (Å²) in [5.41, 5.74) is 0.176. The largest absolute Gasteiger partial charge is 0.478 e. The number of nitrogens with zero attached hydrogens (tertiary/aromatic N) is 1. The molecule has 0 radical (unpaired) electrons. The summed E-state index contributed by atoms with van der Waals surface area (Å²) in [7, 11) is 0. The van der Waals surface area contributed by atoms with Gasteiger partial charge < -0.3 is 15.1 Å². The predicted molar refractivity (Wildman–Crippen MR) is 69.2 cm³/mol. The van der Waals surface area contributed by atoms with Gasteiger partial charge in [0, 0.05) is 24.4 Å². The van der Waals surface area contributed by atoms with Crippen LogP contribution in [0, 0.1) is 5.92 Å². The van der Waals surface area contributed by atoms with Crippen molar-refractivity contribution in [2.24, 2.45) is 5.92 Å². The lowest BCUT2D eigenvalue weighted by Gasteiger charge is -2.08. The van der Waals surface area contributed by atoms with E-state index in [1.165, 1.54) is 18.0 Å². The van der Waals surface area contributed by atoms with E-state index in [-0.39, 0.29) is 17.4 Å². The predicted octanol–water partition coefficient (Wildman–Crippen LogP) is 1.27. The number of hydrogen-bond donors (Lipinski definition) is 2. The summed E-state index contributed by atoms with van der Waals surface area (Å²) >= 11 is 0. The highest BCUT2D eigenvalue weighted by molar-refractivity contribution is 5.85. The number of aliphatic carboxylic acids is 2. The molecule has 2 N–H and O–H groups in total. The third kappa shape index (κ3) is 6.21. The van der Waals surface area contributed by atoms with Gasteiger partial charge in [-0.05, 0) is 13.3 Å². The maximum atomic E-state index is 11.4. The molecule has 0 aromatic heterocycles. The standard InChI is InChI=1S/C9H11NO3.C4H6O2/c1-2-7-3-5-10(9(7)13)6-4-8(11)12;1-3(2)4(5)6/h2,4,6-7H,1,3,5H2,(H,11,12);1H2,2H3,(H,5,6). The first-order valence-electron chi connectivity index (χ1n) is 5.52. The highest BCUT2D eigenvalue weighted by atomic mass is 16.4. The summed E-state index contributed by atoms with van der Waals surface area (Å²) in [6, 6.07) is 0. The Kier molecular flexibility index (Phi) is 6.88. The molecule has 19 heavy (non-hydrogen) atoms. The molecule has 6 heteroatoms. The number of hydrogen-bond acceptors (Lipinski definition) is 3. The second-order valence-electron chi connectivity index (χ2n) is 3.90. The molecule has 1 heterocycles. The zero-order valence-corrected chi connectivity index (χ0v) is 10.7. The van der Waals surface area contributed by atoms with Gasteiger partial charge >= 0.3 is 11.9 Å². The summed E-state index contributed by atoms with van der Waals surface area (Å²) < 4.78 is 0.